The minimum absolute atomic E-state index is 0.403. The number of nitrogen functional groups attached to an aromatic ring is 1. The first-order valence-corrected chi connectivity index (χ1v) is 7.18. The van der Waals surface area contributed by atoms with Crippen LogP contribution in [0.3, 0.4) is 0 Å². The number of rotatable bonds is 4. The number of nitrogens with two attached hydrogens (primary N) is 2. The molecule has 20 heavy (non-hydrogen) atoms. The number of piperidine rings is 1. The van der Waals surface area contributed by atoms with Crippen molar-refractivity contribution in [2.75, 3.05) is 37.3 Å². The van der Waals surface area contributed by atoms with Gasteiger partial charge in [0, 0.05) is 26.2 Å². The van der Waals surface area contributed by atoms with Crippen LogP contribution in [0.4, 0.5) is 11.4 Å². The molecule has 1 aliphatic rings. The Morgan fingerprint density at radius 1 is 1.40 bits per heavy atom. The zero-order valence-electron chi connectivity index (χ0n) is 12.3. The van der Waals surface area contributed by atoms with E-state index in [0.29, 0.717) is 17.3 Å². The Labute approximate surface area is 120 Å². The van der Waals surface area contributed by atoms with E-state index in [-0.39, 0.29) is 0 Å². The summed E-state index contributed by atoms with van der Waals surface area (Å²) in [6, 6.07) is 5.73. The molecule has 0 atom stereocenters. The molecule has 0 aliphatic carbocycles. The molecular weight excluding hydrogens is 252 g/mol. The lowest BCUT2D eigenvalue weighted by Gasteiger charge is -2.38. The molecule has 1 fully saturated rings. The van der Waals surface area contributed by atoms with Crippen molar-refractivity contribution in [3.05, 3.63) is 23.8 Å². The van der Waals surface area contributed by atoms with Crippen LogP contribution >= 0.6 is 0 Å². The van der Waals surface area contributed by atoms with Gasteiger partial charge in [-0.25, -0.2) is 0 Å². The maximum absolute atomic E-state index is 11.6. The molecule has 0 spiro atoms. The van der Waals surface area contributed by atoms with Crippen LogP contribution in [0, 0.1) is 0 Å². The second-order valence-corrected chi connectivity index (χ2v) is 5.38. The van der Waals surface area contributed by atoms with Crippen LogP contribution in [-0.4, -0.2) is 43.5 Å². The Morgan fingerprint density at radius 3 is 2.60 bits per heavy atom. The van der Waals surface area contributed by atoms with Gasteiger partial charge in [-0.15, -0.1) is 0 Å². The third-order valence-corrected chi connectivity index (χ3v) is 4.24. The lowest BCUT2D eigenvalue weighted by Crippen LogP contribution is -2.44. The van der Waals surface area contributed by atoms with Crippen LogP contribution in [0.1, 0.15) is 30.1 Å². The van der Waals surface area contributed by atoms with Crippen molar-refractivity contribution in [2.24, 2.45) is 5.73 Å². The lowest BCUT2D eigenvalue weighted by atomic mass is 10.0. The van der Waals surface area contributed by atoms with Gasteiger partial charge in [0.2, 0.25) is 0 Å². The van der Waals surface area contributed by atoms with Crippen LogP contribution in [0.5, 0.6) is 0 Å². The molecule has 1 saturated heterocycles. The summed E-state index contributed by atoms with van der Waals surface area (Å²) < 4.78 is 0. The van der Waals surface area contributed by atoms with Crippen molar-refractivity contribution < 1.29 is 4.79 Å². The second kappa shape index (κ2) is 6.13. The summed E-state index contributed by atoms with van der Waals surface area (Å²) >= 11 is 0. The summed E-state index contributed by atoms with van der Waals surface area (Å²) in [5.74, 6) is -0.426. The third-order valence-electron chi connectivity index (χ3n) is 4.24. The fourth-order valence-electron chi connectivity index (χ4n) is 2.96. The highest BCUT2D eigenvalue weighted by molar-refractivity contribution is 6.01. The number of carbonyl (C=O) groups excluding carboxylic acids is 1. The van der Waals surface area contributed by atoms with E-state index in [1.165, 1.54) is 0 Å². The van der Waals surface area contributed by atoms with Crippen LogP contribution in [0.25, 0.3) is 0 Å². The van der Waals surface area contributed by atoms with Crippen molar-refractivity contribution in [3.63, 3.8) is 0 Å². The number of carbonyl (C=O) groups is 1. The first kappa shape index (κ1) is 14.7. The topological polar surface area (TPSA) is 75.6 Å². The highest BCUT2D eigenvalue weighted by Gasteiger charge is 2.25. The Hall–Kier alpha value is -1.75. The molecular formula is C15H24N4O. The first-order chi connectivity index (χ1) is 9.54. The molecule has 1 aliphatic heterocycles. The van der Waals surface area contributed by atoms with E-state index in [1.54, 1.807) is 12.1 Å². The Bertz CT molecular complexity index is 481. The number of nitrogens with zero attached hydrogens (tertiary/aromatic N) is 2. The van der Waals surface area contributed by atoms with E-state index >= 15 is 0 Å². The maximum atomic E-state index is 11.6. The number of benzene rings is 1. The Kier molecular flexibility index (Phi) is 4.49. The minimum atomic E-state index is -0.426. The molecule has 1 aromatic rings. The van der Waals surface area contributed by atoms with Gasteiger partial charge < -0.3 is 21.3 Å². The SMILES string of the molecule is CCN1CCC(N(C)c2c(N)cccc2C(N)=O)CC1. The molecule has 5 nitrogen and oxygen atoms in total. The van der Waals surface area contributed by atoms with Crippen LogP contribution in [0.2, 0.25) is 0 Å². The molecule has 1 amide bonds. The zero-order valence-corrected chi connectivity index (χ0v) is 12.3. The summed E-state index contributed by atoms with van der Waals surface area (Å²) in [6.07, 6.45) is 2.16. The molecule has 0 aromatic heterocycles. The van der Waals surface area contributed by atoms with Gasteiger partial charge in [0.15, 0.2) is 0 Å². The molecule has 5 heteroatoms. The number of hydrogen-bond donors (Lipinski definition) is 2. The molecule has 110 valence electrons. The van der Waals surface area contributed by atoms with Crippen molar-refractivity contribution in [1.29, 1.82) is 0 Å². The summed E-state index contributed by atoms with van der Waals surface area (Å²) in [7, 11) is 2.00. The molecule has 1 heterocycles. The number of anilines is 2. The molecule has 4 N–H and O–H groups in total. The van der Waals surface area contributed by atoms with Gasteiger partial charge in [-0.2, -0.15) is 0 Å². The molecule has 0 bridgehead atoms. The van der Waals surface area contributed by atoms with E-state index in [9.17, 15) is 4.79 Å². The monoisotopic (exact) mass is 276 g/mol. The maximum Gasteiger partial charge on any atom is 0.250 e. The Morgan fingerprint density at radius 2 is 2.05 bits per heavy atom. The van der Waals surface area contributed by atoms with Gasteiger partial charge in [-0.3, -0.25) is 4.79 Å². The summed E-state index contributed by atoms with van der Waals surface area (Å²) in [5.41, 5.74) is 13.4. The quantitative estimate of drug-likeness (QED) is 0.813. The van der Waals surface area contributed by atoms with E-state index in [1.807, 2.05) is 13.1 Å². The highest BCUT2D eigenvalue weighted by atomic mass is 16.1. The van der Waals surface area contributed by atoms with Crippen molar-refractivity contribution in [1.82, 2.24) is 4.90 Å². The van der Waals surface area contributed by atoms with Gasteiger partial charge in [0.25, 0.3) is 5.91 Å². The average molecular weight is 276 g/mol. The first-order valence-electron chi connectivity index (χ1n) is 7.18. The standard InChI is InChI=1S/C15H24N4O/c1-3-19-9-7-11(8-10-19)18(2)14-12(15(17)20)5-4-6-13(14)16/h4-6,11H,3,7-10,16H2,1-2H3,(H2,17,20). The fourth-order valence-corrected chi connectivity index (χ4v) is 2.96. The van der Waals surface area contributed by atoms with Gasteiger partial charge in [0.05, 0.1) is 16.9 Å². The van der Waals surface area contributed by atoms with Gasteiger partial charge >= 0.3 is 0 Å². The summed E-state index contributed by atoms with van der Waals surface area (Å²) in [4.78, 5) is 16.2. The van der Waals surface area contributed by atoms with Crippen LogP contribution < -0.4 is 16.4 Å². The number of likely N-dealkylation sites (tertiary alicyclic amines) is 1. The molecule has 2 rings (SSSR count). The van der Waals surface area contributed by atoms with Crippen molar-refractivity contribution in [2.45, 2.75) is 25.8 Å². The molecule has 0 unspecified atom stereocenters. The lowest BCUT2D eigenvalue weighted by molar-refractivity contribution is 0.100. The van der Waals surface area contributed by atoms with E-state index in [2.05, 4.69) is 16.7 Å². The van der Waals surface area contributed by atoms with Crippen LogP contribution in [-0.2, 0) is 0 Å². The smallest absolute Gasteiger partial charge is 0.250 e. The molecule has 0 radical (unpaired) electrons. The average Bonchev–Trinajstić information content (AvgIpc) is 2.46. The van der Waals surface area contributed by atoms with Gasteiger partial charge in [-0.1, -0.05) is 13.0 Å². The minimum Gasteiger partial charge on any atom is -0.397 e. The molecule has 0 saturated carbocycles. The number of primary amides is 1. The normalized spacial score (nSPS) is 17.1. The predicted octanol–water partition coefficient (Wildman–Crippen LogP) is 1.29. The largest absolute Gasteiger partial charge is 0.397 e. The van der Waals surface area contributed by atoms with E-state index < -0.39 is 5.91 Å². The third kappa shape index (κ3) is 2.88. The Balaban J connectivity index is 2.21. The predicted molar refractivity (Wildman–Crippen MR) is 82.9 cm³/mol. The van der Waals surface area contributed by atoms with Crippen molar-refractivity contribution in [3.8, 4) is 0 Å². The highest BCUT2D eigenvalue weighted by Crippen LogP contribution is 2.30. The summed E-state index contributed by atoms with van der Waals surface area (Å²) in [6.45, 7) is 5.45. The van der Waals surface area contributed by atoms with E-state index in [4.69, 9.17) is 11.5 Å². The molecule has 1 aromatic carbocycles. The number of hydrogen-bond acceptors (Lipinski definition) is 4. The number of para-hydroxylation sites is 1. The fraction of sp³-hybridized carbons (Fsp3) is 0.533. The van der Waals surface area contributed by atoms with Gasteiger partial charge in [0.1, 0.15) is 0 Å². The second-order valence-electron chi connectivity index (χ2n) is 5.38. The van der Waals surface area contributed by atoms with Crippen molar-refractivity contribution >= 4 is 17.3 Å². The number of amides is 1. The zero-order chi connectivity index (χ0) is 14.7. The van der Waals surface area contributed by atoms with Crippen LogP contribution in [0.15, 0.2) is 18.2 Å². The summed E-state index contributed by atoms with van der Waals surface area (Å²) in [5, 5.41) is 0. The van der Waals surface area contributed by atoms with E-state index in [0.717, 1.165) is 38.2 Å². The van der Waals surface area contributed by atoms with Gasteiger partial charge in [-0.05, 0) is 31.5 Å².